The normalized spacial score (nSPS) is 45.6. The van der Waals surface area contributed by atoms with E-state index in [0.717, 1.165) is 44.8 Å². The maximum absolute atomic E-state index is 11.0. The van der Waals surface area contributed by atoms with E-state index in [4.69, 9.17) is 0 Å². The van der Waals surface area contributed by atoms with Crippen molar-refractivity contribution < 1.29 is 5.11 Å². The maximum Gasteiger partial charge on any atom is 0.0852 e. The quantitative estimate of drug-likeness (QED) is 0.661. The topological polar surface area (TPSA) is 44.3 Å². The van der Waals surface area contributed by atoms with Crippen LogP contribution in [0.1, 0.15) is 39.5 Å². The zero-order valence-corrected chi connectivity index (χ0v) is 10.6. The lowest BCUT2D eigenvalue weighted by molar-refractivity contribution is -0.0815. The molecule has 0 aliphatic carbocycles. The van der Waals surface area contributed by atoms with E-state index in [1.54, 1.807) is 0 Å². The Kier molecular flexibility index (Phi) is 3.88. The zero-order chi connectivity index (χ0) is 11.6. The smallest absolute Gasteiger partial charge is 0.0852 e. The Morgan fingerprint density at radius 2 is 2.19 bits per heavy atom. The second-order valence-corrected chi connectivity index (χ2v) is 5.69. The van der Waals surface area contributed by atoms with Gasteiger partial charge in [0.25, 0.3) is 0 Å². The minimum Gasteiger partial charge on any atom is -0.388 e. The first-order valence-electron chi connectivity index (χ1n) is 6.83. The molecule has 0 aromatic heterocycles. The molecule has 2 fully saturated rings. The van der Waals surface area contributed by atoms with Gasteiger partial charge >= 0.3 is 0 Å². The molecule has 16 heavy (non-hydrogen) atoms. The molecule has 2 saturated heterocycles. The van der Waals surface area contributed by atoms with Crippen molar-refractivity contribution >= 4 is 0 Å². The molecular weight excluding hydrogens is 200 g/mol. The van der Waals surface area contributed by atoms with Crippen LogP contribution in [-0.2, 0) is 0 Å². The minimum atomic E-state index is -0.477. The minimum absolute atomic E-state index is 0.309. The van der Waals surface area contributed by atoms with Crippen LogP contribution in [-0.4, -0.2) is 36.4 Å². The molecule has 4 atom stereocenters. The van der Waals surface area contributed by atoms with Gasteiger partial charge in [0.05, 0.1) is 5.60 Å². The molecule has 94 valence electrons. The van der Waals surface area contributed by atoms with Crippen molar-refractivity contribution in [2.24, 2.45) is 11.8 Å². The Bertz CT molecular complexity index is 234. The monoisotopic (exact) mass is 226 g/mol. The summed E-state index contributed by atoms with van der Waals surface area (Å²) in [6.45, 7) is 7.49. The Labute approximate surface area is 99.0 Å². The molecular formula is C13H26N2O. The second kappa shape index (κ2) is 5.03. The van der Waals surface area contributed by atoms with Crippen molar-refractivity contribution in [3.8, 4) is 0 Å². The van der Waals surface area contributed by atoms with Crippen LogP contribution in [0.4, 0.5) is 0 Å². The number of hydrogen-bond donors (Lipinski definition) is 3. The molecule has 0 bridgehead atoms. The Balaban J connectivity index is 2.08. The molecule has 0 amide bonds. The van der Waals surface area contributed by atoms with Crippen LogP contribution in [0.25, 0.3) is 0 Å². The maximum atomic E-state index is 11.0. The Hall–Kier alpha value is -0.120. The van der Waals surface area contributed by atoms with Crippen LogP contribution in [0.5, 0.6) is 0 Å². The molecule has 2 heterocycles. The summed E-state index contributed by atoms with van der Waals surface area (Å²) in [4.78, 5) is 0. The van der Waals surface area contributed by atoms with Crippen LogP contribution in [0.15, 0.2) is 0 Å². The molecule has 3 heteroatoms. The average molecular weight is 226 g/mol. The molecule has 2 rings (SSSR count). The number of hydrogen-bond acceptors (Lipinski definition) is 3. The van der Waals surface area contributed by atoms with E-state index in [-0.39, 0.29) is 0 Å². The van der Waals surface area contributed by atoms with Crippen molar-refractivity contribution in [1.82, 2.24) is 10.6 Å². The van der Waals surface area contributed by atoms with Crippen molar-refractivity contribution in [3.63, 3.8) is 0 Å². The SMILES string of the molecule is CCC1CNCCC1(O)C1CC(C)CCN1. The number of aliphatic hydroxyl groups is 1. The van der Waals surface area contributed by atoms with Gasteiger partial charge in [-0.2, -0.15) is 0 Å². The third kappa shape index (κ3) is 2.27. The average Bonchev–Trinajstić information content (AvgIpc) is 2.30. The summed E-state index contributed by atoms with van der Waals surface area (Å²) in [5, 5.41) is 17.9. The van der Waals surface area contributed by atoms with Crippen LogP contribution in [0.2, 0.25) is 0 Å². The van der Waals surface area contributed by atoms with Crippen LogP contribution in [0, 0.1) is 11.8 Å². The molecule has 0 saturated carbocycles. The van der Waals surface area contributed by atoms with Crippen molar-refractivity contribution in [3.05, 3.63) is 0 Å². The van der Waals surface area contributed by atoms with Gasteiger partial charge in [-0.05, 0) is 44.7 Å². The van der Waals surface area contributed by atoms with Gasteiger partial charge in [-0.15, -0.1) is 0 Å². The van der Waals surface area contributed by atoms with Gasteiger partial charge in [-0.25, -0.2) is 0 Å². The Morgan fingerprint density at radius 1 is 1.38 bits per heavy atom. The molecule has 3 N–H and O–H groups in total. The number of nitrogens with one attached hydrogen (secondary N) is 2. The van der Waals surface area contributed by atoms with E-state index in [0.29, 0.717) is 12.0 Å². The molecule has 2 aliphatic rings. The van der Waals surface area contributed by atoms with E-state index in [2.05, 4.69) is 24.5 Å². The van der Waals surface area contributed by atoms with E-state index in [1.165, 1.54) is 6.42 Å². The van der Waals surface area contributed by atoms with Crippen LogP contribution in [0.3, 0.4) is 0 Å². The summed E-state index contributed by atoms with van der Waals surface area (Å²) in [6, 6.07) is 0.309. The highest BCUT2D eigenvalue weighted by atomic mass is 16.3. The fraction of sp³-hybridized carbons (Fsp3) is 1.00. The van der Waals surface area contributed by atoms with Gasteiger partial charge in [0.1, 0.15) is 0 Å². The summed E-state index contributed by atoms with van der Waals surface area (Å²) >= 11 is 0. The lowest BCUT2D eigenvalue weighted by atomic mass is 9.71. The molecule has 3 nitrogen and oxygen atoms in total. The lowest BCUT2D eigenvalue weighted by Crippen LogP contribution is -2.62. The predicted octanol–water partition coefficient (Wildman–Crippen LogP) is 1.13. The molecule has 0 aromatic rings. The van der Waals surface area contributed by atoms with Crippen molar-refractivity contribution in [2.75, 3.05) is 19.6 Å². The van der Waals surface area contributed by atoms with Crippen molar-refractivity contribution in [2.45, 2.75) is 51.2 Å². The van der Waals surface area contributed by atoms with Gasteiger partial charge < -0.3 is 15.7 Å². The first kappa shape index (κ1) is 12.3. The molecule has 0 radical (unpaired) electrons. The number of rotatable bonds is 2. The first-order chi connectivity index (χ1) is 7.66. The predicted molar refractivity (Wildman–Crippen MR) is 66.4 cm³/mol. The Morgan fingerprint density at radius 3 is 2.88 bits per heavy atom. The largest absolute Gasteiger partial charge is 0.388 e. The molecule has 0 spiro atoms. The summed E-state index contributed by atoms with van der Waals surface area (Å²) in [7, 11) is 0. The second-order valence-electron chi connectivity index (χ2n) is 5.69. The van der Waals surface area contributed by atoms with Gasteiger partial charge in [0, 0.05) is 18.5 Å². The van der Waals surface area contributed by atoms with Gasteiger partial charge in [0.2, 0.25) is 0 Å². The summed E-state index contributed by atoms with van der Waals surface area (Å²) in [5.41, 5.74) is -0.477. The molecule has 0 aromatic carbocycles. The highest BCUT2D eigenvalue weighted by Crippen LogP contribution is 2.34. The number of piperidine rings is 2. The summed E-state index contributed by atoms with van der Waals surface area (Å²) in [5.74, 6) is 1.16. The highest BCUT2D eigenvalue weighted by Gasteiger charge is 2.45. The first-order valence-corrected chi connectivity index (χ1v) is 6.83. The van der Waals surface area contributed by atoms with Crippen LogP contribution >= 0.6 is 0 Å². The standard InChI is InChI=1S/C13H26N2O/c1-3-11-9-14-7-5-13(11,16)12-8-10(2)4-6-15-12/h10-12,14-16H,3-9H2,1-2H3. The van der Waals surface area contributed by atoms with Crippen molar-refractivity contribution in [1.29, 1.82) is 0 Å². The fourth-order valence-electron chi connectivity index (χ4n) is 3.39. The molecule has 2 aliphatic heterocycles. The lowest BCUT2D eigenvalue weighted by Gasteiger charge is -2.48. The van der Waals surface area contributed by atoms with E-state index < -0.39 is 5.60 Å². The fourth-order valence-corrected chi connectivity index (χ4v) is 3.39. The van der Waals surface area contributed by atoms with Gasteiger partial charge in [-0.3, -0.25) is 0 Å². The zero-order valence-electron chi connectivity index (χ0n) is 10.6. The highest BCUT2D eigenvalue weighted by molar-refractivity contribution is 5.01. The van der Waals surface area contributed by atoms with E-state index in [1.807, 2.05) is 0 Å². The summed E-state index contributed by atoms with van der Waals surface area (Å²) in [6.07, 6.45) is 4.35. The summed E-state index contributed by atoms with van der Waals surface area (Å²) < 4.78 is 0. The van der Waals surface area contributed by atoms with Crippen LogP contribution < -0.4 is 10.6 Å². The molecule has 4 unspecified atom stereocenters. The van der Waals surface area contributed by atoms with E-state index >= 15 is 0 Å². The van der Waals surface area contributed by atoms with Gasteiger partial charge in [-0.1, -0.05) is 13.8 Å². The third-order valence-electron chi connectivity index (χ3n) is 4.56. The van der Waals surface area contributed by atoms with E-state index in [9.17, 15) is 5.11 Å². The van der Waals surface area contributed by atoms with Gasteiger partial charge in [0.15, 0.2) is 0 Å². The third-order valence-corrected chi connectivity index (χ3v) is 4.56.